The second-order valence-electron chi connectivity index (χ2n) is 4.23. The van der Waals surface area contributed by atoms with Crippen molar-refractivity contribution < 1.29 is 19.1 Å². The number of nitrogens with one attached hydrogen (secondary N) is 2. The zero-order valence-electron chi connectivity index (χ0n) is 11.2. The van der Waals surface area contributed by atoms with Gasteiger partial charge in [0.05, 0.1) is 25.5 Å². The molecule has 1 heterocycles. The van der Waals surface area contributed by atoms with Gasteiger partial charge in [-0.2, -0.15) is 0 Å². The third-order valence-corrected chi connectivity index (χ3v) is 2.37. The summed E-state index contributed by atoms with van der Waals surface area (Å²) in [6.07, 6.45) is 1.84. The second kappa shape index (κ2) is 9.55. The summed E-state index contributed by atoms with van der Waals surface area (Å²) in [7, 11) is 0. The predicted molar refractivity (Wildman–Crippen MR) is 70.5 cm³/mol. The first-order chi connectivity index (χ1) is 9.22. The minimum atomic E-state index is -0.645. The number of aliphatic hydroxyl groups is 1. The van der Waals surface area contributed by atoms with E-state index in [0.29, 0.717) is 19.7 Å². The number of aliphatic hydroxyl groups excluding tert-OH is 1. The van der Waals surface area contributed by atoms with Crippen molar-refractivity contribution in [2.75, 3.05) is 26.2 Å². The Morgan fingerprint density at radius 2 is 2.42 bits per heavy atom. The van der Waals surface area contributed by atoms with Crippen molar-refractivity contribution in [3.05, 3.63) is 24.2 Å². The molecule has 0 spiro atoms. The van der Waals surface area contributed by atoms with Crippen molar-refractivity contribution in [3.8, 4) is 0 Å². The molecule has 1 rings (SSSR count). The zero-order valence-corrected chi connectivity index (χ0v) is 11.2. The summed E-state index contributed by atoms with van der Waals surface area (Å²) in [5, 5.41) is 15.2. The number of hydrogen-bond acceptors (Lipinski definition) is 5. The maximum Gasteiger partial charge on any atom is 0.233 e. The number of ether oxygens (including phenoxy) is 1. The molecular weight excluding hydrogens is 248 g/mol. The number of carbonyl (C=O) groups is 1. The van der Waals surface area contributed by atoms with Gasteiger partial charge in [0.15, 0.2) is 0 Å². The molecule has 0 saturated carbocycles. The van der Waals surface area contributed by atoms with Crippen molar-refractivity contribution in [2.24, 2.45) is 0 Å². The van der Waals surface area contributed by atoms with E-state index in [4.69, 9.17) is 9.15 Å². The minimum absolute atomic E-state index is 0.0643. The summed E-state index contributed by atoms with van der Waals surface area (Å²) in [6, 6.07) is 3.59. The van der Waals surface area contributed by atoms with Gasteiger partial charge in [-0.15, -0.1) is 0 Å². The Balaban J connectivity index is 1.98. The highest BCUT2D eigenvalue weighted by Gasteiger charge is 2.06. The van der Waals surface area contributed by atoms with Gasteiger partial charge in [0, 0.05) is 13.1 Å². The number of amides is 1. The number of carbonyl (C=O) groups excluding carboxylic acids is 1. The molecule has 0 radical (unpaired) electrons. The van der Waals surface area contributed by atoms with E-state index in [9.17, 15) is 9.90 Å². The molecule has 0 saturated heterocycles. The Bertz CT molecular complexity index is 340. The quantitative estimate of drug-likeness (QED) is 0.568. The number of hydrogen-bond donors (Lipinski definition) is 3. The Morgan fingerprint density at radius 1 is 1.58 bits per heavy atom. The lowest BCUT2D eigenvalue weighted by Crippen LogP contribution is -2.38. The van der Waals surface area contributed by atoms with Gasteiger partial charge < -0.3 is 24.9 Å². The Labute approximate surface area is 113 Å². The van der Waals surface area contributed by atoms with Gasteiger partial charge in [-0.25, -0.2) is 0 Å². The topological polar surface area (TPSA) is 83.7 Å². The molecule has 1 amide bonds. The molecule has 1 aromatic heterocycles. The van der Waals surface area contributed by atoms with Gasteiger partial charge in [0.1, 0.15) is 12.4 Å². The molecule has 0 aromatic carbocycles. The predicted octanol–water partition coefficient (Wildman–Crippen LogP) is 0.273. The van der Waals surface area contributed by atoms with Gasteiger partial charge in [-0.1, -0.05) is 6.92 Å². The highest BCUT2D eigenvalue weighted by molar-refractivity contribution is 5.77. The van der Waals surface area contributed by atoms with Crippen molar-refractivity contribution in [1.29, 1.82) is 0 Å². The van der Waals surface area contributed by atoms with Crippen LogP contribution in [0, 0.1) is 0 Å². The molecule has 1 aromatic rings. The van der Waals surface area contributed by atoms with Crippen molar-refractivity contribution in [3.63, 3.8) is 0 Å². The van der Waals surface area contributed by atoms with Gasteiger partial charge in [0.25, 0.3) is 0 Å². The third kappa shape index (κ3) is 7.61. The lowest BCUT2D eigenvalue weighted by molar-refractivity contribution is -0.120. The summed E-state index contributed by atoms with van der Waals surface area (Å²) in [5.74, 6) is 0.657. The van der Waals surface area contributed by atoms with Crippen LogP contribution in [0.15, 0.2) is 22.8 Å². The van der Waals surface area contributed by atoms with E-state index >= 15 is 0 Å². The highest BCUT2D eigenvalue weighted by Crippen LogP contribution is 2.01. The van der Waals surface area contributed by atoms with Gasteiger partial charge in [-0.3, -0.25) is 4.79 Å². The molecule has 3 N–H and O–H groups in total. The molecular formula is C13H22N2O4. The molecule has 1 atom stereocenters. The van der Waals surface area contributed by atoms with E-state index < -0.39 is 6.10 Å². The lowest BCUT2D eigenvalue weighted by Gasteiger charge is -2.11. The monoisotopic (exact) mass is 270 g/mol. The molecule has 0 fully saturated rings. The molecule has 0 aliphatic carbocycles. The zero-order chi connectivity index (χ0) is 13.9. The Hall–Kier alpha value is -1.37. The highest BCUT2D eigenvalue weighted by atomic mass is 16.5. The standard InChI is InChI=1S/C13H22N2O4/c1-2-5-15-13(17)8-14-7-11(16)9-18-10-12-4-3-6-19-12/h3-4,6,11,14,16H,2,5,7-10H2,1H3,(H,15,17). The first-order valence-corrected chi connectivity index (χ1v) is 6.48. The first-order valence-electron chi connectivity index (χ1n) is 6.48. The SMILES string of the molecule is CCCNC(=O)CNCC(O)COCc1ccco1. The van der Waals surface area contributed by atoms with E-state index in [0.717, 1.165) is 12.2 Å². The van der Waals surface area contributed by atoms with Gasteiger partial charge in [0.2, 0.25) is 5.91 Å². The molecule has 0 aliphatic heterocycles. The molecule has 19 heavy (non-hydrogen) atoms. The Morgan fingerprint density at radius 3 is 3.11 bits per heavy atom. The van der Waals surface area contributed by atoms with Crippen molar-refractivity contribution in [2.45, 2.75) is 26.1 Å². The number of furan rings is 1. The molecule has 6 heteroatoms. The van der Waals surface area contributed by atoms with Crippen LogP contribution in [0.3, 0.4) is 0 Å². The van der Waals surface area contributed by atoms with E-state index in [-0.39, 0.29) is 19.1 Å². The van der Waals surface area contributed by atoms with Crippen LogP contribution in [-0.4, -0.2) is 43.4 Å². The fraction of sp³-hybridized carbons (Fsp3) is 0.615. The van der Waals surface area contributed by atoms with Crippen LogP contribution in [0.2, 0.25) is 0 Å². The molecule has 0 aliphatic rings. The molecule has 108 valence electrons. The van der Waals surface area contributed by atoms with Crippen LogP contribution in [0.4, 0.5) is 0 Å². The summed E-state index contributed by atoms with van der Waals surface area (Å²) in [4.78, 5) is 11.3. The van der Waals surface area contributed by atoms with E-state index in [1.807, 2.05) is 13.0 Å². The Kier molecular flexibility index (Phi) is 7.88. The largest absolute Gasteiger partial charge is 0.467 e. The maximum absolute atomic E-state index is 11.3. The third-order valence-electron chi connectivity index (χ3n) is 2.37. The maximum atomic E-state index is 11.3. The normalized spacial score (nSPS) is 12.3. The first kappa shape index (κ1) is 15.7. The summed E-state index contributed by atoms with van der Waals surface area (Å²) < 4.78 is 10.4. The van der Waals surface area contributed by atoms with Gasteiger partial charge in [-0.05, 0) is 18.6 Å². The molecule has 6 nitrogen and oxygen atoms in total. The number of rotatable bonds is 10. The van der Waals surface area contributed by atoms with Crippen LogP contribution < -0.4 is 10.6 Å². The van der Waals surface area contributed by atoms with E-state index in [1.54, 1.807) is 12.3 Å². The van der Waals surface area contributed by atoms with E-state index in [1.165, 1.54) is 0 Å². The van der Waals surface area contributed by atoms with Crippen LogP contribution in [0.5, 0.6) is 0 Å². The summed E-state index contributed by atoms with van der Waals surface area (Å²) in [6.45, 7) is 3.72. The fourth-order valence-corrected chi connectivity index (χ4v) is 1.43. The van der Waals surface area contributed by atoms with Crippen LogP contribution >= 0.6 is 0 Å². The second-order valence-corrected chi connectivity index (χ2v) is 4.23. The lowest BCUT2D eigenvalue weighted by atomic mass is 10.3. The van der Waals surface area contributed by atoms with Crippen LogP contribution in [0.1, 0.15) is 19.1 Å². The van der Waals surface area contributed by atoms with Crippen LogP contribution in [-0.2, 0) is 16.1 Å². The van der Waals surface area contributed by atoms with E-state index in [2.05, 4.69) is 10.6 Å². The van der Waals surface area contributed by atoms with Crippen molar-refractivity contribution >= 4 is 5.91 Å². The smallest absolute Gasteiger partial charge is 0.233 e. The summed E-state index contributed by atoms with van der Waals surface area (Å²) >= 11 is 0. The molecule has 1 unspecified atom stereocenters. The van der Waals surface area contributed by atoms with Crippen LogP contribution in [0.25, 0.3) is 0 Å². The van der Waals surface area contributed by atoms with Gasteiger partial charge >= 0.3 is 0 Å². The average Bonchev–Trinajstić information content (AvgIpc) is 2.89. The summed E-state index contributed by atoms with van der Waals surface area (Å²) in [5.41, 5.74) is 0. The minimum Gasteiger partial charge on any atom is -0.467 e. The fourth-order valence-electron chi connectivity index (χ4n) is 1.43. The molecule has 0 bridgehead atoms. The average molecular weight is 270 g/mol. The van der Waals surface area contributed by atoms with Crippen molar-refractivity contribution in [1.82, 2.24) is 10.6 Å².